The molecule has 0 atom stereocenters. The molecule has 134 valence electrons. The second-order valence-corrected chi connectivity index (χ2v) is 6.48. The first-order valence-corrected chi connectivity index (χ1v) is 8.89. The summed E-state index contributed by atoms with van der Waals surface area (Å²) in [4.78, 5) is 14.9. The van der Waals surface area contributed by atoms with E-state index < -0.39 is 0 Å². The largest absolute Gasteiger partial charge is 0.497 e. The predicted octanol–water partition coefficient (Wildman–Crippen LogP) is 3.76. The van der Waals surface area contributed by atoms with Crippen molar-refractivity contribution in [3.8, 4) is 11.4 Å². The minimum atomic E-state index is -0.0591. The number of halogens is 1. The molecule has 26 heavy (non-hydrogen) atoms. The van der Waals surface area contributed by atoms with Crippen molar-refractivity contribution in [2.24, 2.45) is 0 Å². The van der Waals surface area contributed by atoms with Crippen molar-refractivity contribution in [1.29, 1.82) is 0 Å². The standard InChI is InChI=1S/C20H19ClN2O3/c1-25-15-6-4-5-14(13-15)23-17-8-3-2-7-16(17)18(19(23)21)20(24)22-9-11-26-12-10-22/h2-8,13H,9-12H2,1H3. The monoisotopic (exact) mass is 370 g/mol. The molecule has 5 nitrogen and oxygen atoms in total. The molecule has 2 heterocycles. The van der Waals surface area contributed by atoms with Crippen molar-refractivity contribution >= 4 is 28.4 Å². The van der Waals surface area contributed by atoms with Gasteiger partial charge in [-0.2, -0.15) is 0 Å². The van der Waals surface area contributed by atoms with Crippen molar-refractivity contribution in [1.82, 2.24) is 9.47 Å². The number of hydrogen-bond acceptors (Lipinski definition) is 3. The van der Waals surface area contributed by atoms with E-state index in [2.05, 4.69) is 0 Å². The van der Waals surface area contributed by atoms with E-state index in [-0.39, 0.29) is 5.91 Å². The lowest BCUT2D eigenvalue weighted by Gasteiger charge is -2.26. The van der Waals surface area contributed by atoms with Gasteiger partial charge in [-0.3, -0.25) is 9.36 Å². The van der Waals surface area contributed by atoms with Crippen LogP contribution < -0.4 is 4.74 Å². The molecule has 0 spiro atoms. The van der Waals surface area contributed by atoms with Crippen LogP contribution in [0, 0.1) is 0 Å². The number of morpholine rings is 1. The quantitative estimate of drug-likeness (QED) is 0.705. The zero-order valence-electron chi connectivity index (χ0n) is 14.4. The van der Waals surface area contributed by atoms with Crippen LogP contribution in [0.25, 0.3) is 16.6 Å². The maximum atomic E-state index is 13.2. The lowest BCUT2D eigenvalue weighted by molar-refractivity contribution is 0.0304. The van der Waals surface area contributed by atoms with E-state index in [0.29, 0.717) is 37.0 Å². The first-order valence-electron chi connectivity index (χ1n) is 8.51. The molecule has 0 N–H and O–H groups in total. The van der Waals surface area contributed by atoms with E-state index in [4.69, 9.17) is 21.1 Å². The lowest BCUT2D eigenvalue weighted by atomic mass is 10.1. The Bertz CT molecular complexity index is 961. The summed E-state index contributed by atoms with van der Waals surface area (Å²) >= 11 is 6.74. The number of amides is 1. The number of carbonyl (C=O) groups is 1. The average molecular weight is 371 g/mol. The minimum Gasteiger partial charge on any atom is -0.497 e. The van der Waals surface area contributed by atoms with Crippen LogP contribution in [0.2, 0.25) is 5.15 Å². The number of hydrogen-bond donors (Lipinski definition) is 0. The van der Waals surface area contributed by atoms with Gasteiger partial charge in [-0.1, -0.05) is 35.9 Å². The molecule has 0 aliphatic carbocycles. The van der Waals surface area contributed by atoms with Crippen molar-refractivity contribution in [3.05, 3.63) is 59.2 Å². The van der Waals surface area contributed by atoms with Gasteiger partial charge in [0.15, 0.2) is 0 Å². The molecule has 6 heteroatoms. The molecule has 2 aromatic carbocycles. The molecule has 3 aromatic rings. The zero-order valence-corrected chi connectivity index (χ0v) is 15.2. The van der Waals surface area contributed by atoms with Crippen molar-refractivity contribution in [2.75, 3.05) is 33.4 Å². The maximum absolute atomic E-state index is 13.2. The minimum absolute atomic E-state index is 0.0591. The van der Waals surface area contributed by atoms with Crippen molar-refractivity contribution < 1.29 is 14.3 Å². The molecule has 1 amide bonds. The van der Waals surface area contributed by atoms with Gasteiger partial charge < -0.3 is 14.4 Å². The van der Waals surface area contributed by atoms with Crippen LogP contribution >= 0.6 is 11.6 Å². The summed E-state index contributed by atoms with van der Waals surface area (Å²) in [6.45, 7) is 2.26. The van der Waals surface area contributed by atoms with Crippen LogP contribution in [0.3, 0.4) is 0 Å². The highest BCUT2D eigenvalue weighted by Gasteiger charge is 2.27. The summed E-state index contributed by atoms with van der Waals surface area (Å²) in [5.74, 6) is 0.675. The molecule has 1 saturated heterocycles. The number of ether oxygens (including phenoxy) is 2. The molecule has 0 unspecified atom stereocenters. The summed E-state index contributed by atoms with van der Waals surface area (Å²) in [5, 5.41) is 1.26. The number of methoxy groups -OCH3 is 1. The van der Waals surface area contributed by atoms with E-state index in [9.17, 15) is 4.79 Å². The van der Waals surface area contributed by atoms with E-state index in [1.165, 1.54) is 0 Å². The molecular formula is C20H19ClN2O3. The topological polar surface area (TPSA) is 43.7 Å². The highest BCUT2D eigenvalue weighted by atomic mass is 35.5. The van der Waals surface area contributed by atoms with Gasteiger partial charge in [-0.15, -0.1) is 0 Å². The smallest absolute Gasteiger partial charge is 0.257 e. The van der Waals surface area contributed by atoms with E-state index in [1.807, 2.05) is 53.1 Å². The fourth-order valence-electron chi connectivity index (χ4n) is 3.34. The number of para-hydroxylation sites is 1. The SMILES string of the molecule is COc1cccc(-n2c(Cl)c(C(=O)N3CCOCC3)c3ccccc32)c1. The van der Waals surface area contributed by atoms with Gasteiger partial charge in [-0.25, -0.2) is 0 Å². The van der Waals surface area contributed by atoms with Gasteiger partial charge in [0, 0.05) is 24.5 Å². The summed E-state index contributed by atoms with van der Waals surface area (Å²) < 4.78 is 12.6. The molecule has 1 aromatic heterocycles. The third-order valence-corrected chi connectivity index (χ3v) is 5.00. The van der Waals surface area contributed by atoms with E-state index in [0.717, 1.165) is 22.3 Å². The van der Waals surface area contributed by atoms with Gasteiger partial charge in [0.05, 0.1) is 37.1 Å². The first-order chi connectivity index (χ1) is 12.7. The number of fused-ring (bicyclic) bond motifs is 1. The van der Waals surface area contributed by atoms with Gasteiger partial charge >= 0.3 is 0 Å². The molecule has 0 bridgehead atoms. The van der Waals surface area contributed by atoms with Crippen LogP contribution in [0.15, 0.2) is 48.5 Å². The Morgan fingerprint density at radius 3 is 2.65 bits per heavy atom. The molecular weight excluding hydrogens is 352 g/mol. The van der Waals surface area contributed by atoms with E-state index >= 15 is 0 Å². The van der Waals surface area contributed by atoms with Crippen LogP contribution in [0.1, 0.15) is 10.4 Å². The number of rotatable bonds is 3. The molecule has 1 aliphatic heterocycles. The second kappa shape index (κ2) is 7.02. The highest BCUT2D eigenvalue weighted by Crippen LogP contribution is 2.34. The van der Waals surface area contributed by atoms with Crippen molar-refractivity contribution in [2.45, 2.75) is 0 Å². The maximum Gasteiger partial charge on any atom is 0.257 e. The Balaban J connectivity index is 1.89. The summed E-state index contributed by atoms with van der Waals surface area (Å²) in [6.07, 6.45) is 0. The number of nitrogens with zero attached hydrogens (tertiary/aromatic N) is 2. The molecule has 4 rings (SSSR count). The van der Waals surface area contributed by atoms with E-state index in [1.54, 1.807) is 12.0 Å². The predicted molar refractivity (Wildman–Crippen MR) is 102 cm³/mol. The molecule has 0 saturated carbocycles. The third kappa shape index (κ3) is 2.83. The van der Waals surface area contributed by atoms with Crippen LogP contribution in [-0.2, 0) is 4.74 Å². The van der Waals surface area contributed by atoms with Crippen LogP contribution in [0.4, 0.5) is 0 Å². The van der Waals surface area contributed by atoms with Crippen LogP contribution in [0.5, 0.6) is 5.75 Å². The summed E-state index contributed by atoms with van der Waals surface area (Å²) in [7, 11) is 1.63. The van der Waals surface area contributed by atoms with Gasteiger partial charge in [0.2, 0.25) is 0 Å². The normalized spacial score (nSPS) is 14.6. The fourth-order valence-corrected chi connectivity index (χ4v) is 3.71. The first kappa shape index (κ1) is 16.9. The Morgan fingerprint density at radius 2 is 1.88 bits per heavy atom. The summed E-state index contributed by atoms with van der Waals surface area (Å²) in [5.41, 5.74) is 2.28. The fraction of sp³-hybridized carbons (Fsp3) is 0.250. The van der Waals surface area contributed by atoms with Gasteiger partial charge in [0.1, 0.15) is 10.9 Å². The lowest BCUT2D eigenvalue weighted by Crippen LogP contribution is -2.40. The summed E-state index contributed by atoms with van der Waals surface area (Å²) in [6, 6.07) is 15.4. The van der Waals surface area contributed by atoms with Gasteiger partial charge in [0.25, 0.3) is 5.91 Å². The van der Waals surface area contributed by atoms with Crippen LogP contribution in [-0.4, -0.2) is 48.8 Å². The second-order valence-electron chi connectivity index (χ2n) is 6.12. The number of benzene rings is 2. The molecule has 1 fully saturated rings. The molecule has 0 radical (unpaired) electrons. The highest BCUT2D eigenvalue weighted by molar-refractivity contribution is 6.36. The zero-order chi connectivity index (χ0) is 18.1. The Kier molecular flexibility index (Phi) is 4.57. The Morgan fingerprint density at radius 1 is 1.12 bits per heavy atom. The Hall–Kier alpha value is -2.50. The number of aromatic nitrogens is 1. The van der Waals surface area contributed by atoms with Gasteiger partial charge in [-0.05, 0) is 18.2 Å². The Labute approximate surface area is 156 Å². The van der Waals surface area contributed by atoms with Crippen molar-refractivity contribution in [3.63, 3.8) is 0 Å². The third-order valence-electron chi connectivity index (χ3n) is 4.64. The molecule has 1 aliphatic rings. The average Bonchev–Trinajstić information content (AvgIpc) is 3.00. The number of carbonyl (C=O) groups excluding carboxylic acids is 1.